The van der Waals surface area contributed by atoms with Crippen molar-refractivity contribution in [3.8, 4) is 28.1 Å². The average Bonchev–Trinajstić information content (AvgIpc) is 3.52. The lowest BCUT2D eigenvalue weighted by Crippen LogP contribution is -2.26. The summed E-state index contributed by atoms with van der Waals surface area (Å²) in [6.07, 6.45) is 7.51. The molecule has 0 fully saturated rings. The molecule has 0 saturated heterocycles. The number of hydrogen-bond acceptors (Lipinski definition) is 7. The van der Waals surface area contributed by atoms with Gasteiger partial charge in [0.25, 0.3) is 0 Å². The van der Waals surface area contributed by atoms with Crippen LogP contribution in [-0.4, -0.2) is 55.8 Å². The zero-order chi connectivity index (χ0) is 27.6. The van der Waals surface area contributed by atoms with Crippen LogP contribution in [0.3, 0.4) is 0 Å². The van der Waals surface area contributed by atoms with Crippen molar-refractivity contribution >= 4 is 22.3 Å². The number of rotatable bonds is 10. The zero-order valence-corrected chi connectivity index (χ0v) is 23.0. The molecule has 0 amide bonds. The van der Waals surface area contributed by atoms with Crippen molar-refractivity contribution in [1.29, 1.82) is 0 Å². The number of nitrogens with one attached hydrogen (secondary N) is 1. The number of aromatic nitrogens is 5. The Labute approximate surface area is 228 Å². The van der Waals surface area contributed by atoms with Crippen LogP contribution in [0.15, 0.2) is 67.3 Å². The van der Waals surface area contributed by atoms with Gasteiger partial charge in [-0.3, -0.25) is 4.68 Å². The number of aryl methyl sites for hydroxylation is 1. The van der Waals surface area contributed by atoms with E-state index < -0.39 is 5.60 Å². The third-order valence-electron chi connectivity index (χ3n) is 6.57. The minimum Gasteiger partial charge on any atom is -0.495 e. The highest BCUT2D eigenvalue weighted by molar-refractivity contribution is 5.89. The molecule has 0 atom stereocenters. The van der Waals surface area contributed by atoms with E-state index in [0.717, 1.165) is 51.2 Å². The van der Waals surface area contributed by atoms with Gasteiger partial charge in [-0.15, -0.1) is 0 Å². The van der Waals surface area contributed by atoms with Gasteiger partial charge in [0.1, 0.15) is 17.4 Å². The Kier molecular flexibility index (Phi) is 7.36. The highest BCUT2D eigenvalue weighted by Crippen LogP contribution is 2.34. The predicted molar refractivity (Wildman–Crippen MR) is 153 cm³/mol. The molecule has 39 heavy (non-hydrogen) atoms. The number of benzene rings is 2. The Morgan fingerprint density at radius 1 is 0.923 bits per heavy atom. The van der Waals surface area contributed by atoms with E-state index in [2.05, 4.69) is 49.2 Å². The highest BCUT2D eigenvalue weighted by Gasteiger charge is 2.15. The number of fused-ring (bicyclic) bond motifs is 1. The third kappa shape index (κ3) is 5.94. The van der Waals surface area contributed by atoms with E-state index in [0.29, 0.717) is 24.7 Å². The number of ether oxygens (including phenoxy) is 2. The summed E-state index contributed by atoms with van der Waals surface area (Å²) in [7, 11) is 3.36. The van der Waals surface area contributed by atoms with Crippen LogP contribution in [0, 0.1) is 6.92 Å². The van der Waals surface area contributed by atoms with Crippen LogP contribution in [0.5, 0.6) is 5.75 Å². The Morgan fingerprint density at radius 2 is 1.74 bits per heavy atom. The molecule has 0 radical (unpaired) electrons. The van der Waals surface area contributed by atoms with E-state index in [1.54, 1.807) is 32.7 Å². The maximum Gasteiger partial charge on any atom is 0.143 e. The normalized spacial score (nSPS) is 11.7. The Hall–Kier alpha value is -4.21. The first kappa shape index (κ1) is 26.4. The van der Waals surface area contributed by atoms with Gasteiger partial charge >= 0.3 is 0 Å². The Bertz CT molecular complexity index is 1600. The molecule has 9 heteroatoms. The molecular weight excluding hydrogens is 492 g/mol. The van der Waals surface area contributed by atoms with Gasteiger partial charge in [0.05, 0.1) is 49.6 Å². The van der Waals surface area contributed by atoms with Gasteiger partial charge < -0.3 is 24.5 Å². The number of imidazole rings is 1. The molecule has 2 aromatic carbocycles. The van der Waals surface area contributed by atoms with E-state index in [9.17, 15) is 5.11 Å². The van der Waals surface area contributed by atoms with Crippen LogP contribution < -0.4 is 10.1 Å². The van der Waals surface area contributed by atoms with Crippen molar-refractivity contribution in [2.24, 2.45) is 0 Å². The highest BCUT2D eigenvalue weighted by atomic mass is 16.5. The van der Waals surface area contributed by atoms with Crippen molar-refractivity contribution < 1.29 is 14.6 Å². The van der Waals surface area contributed by atoms with Crippen molar-refractivity contribution in [3.05, 3.63) is 73.1 Å². The molecule has 3 heterocycles. The molecule has 202 valence electrons. The number of nitrogens with zero attached hydrogens (tertiary/aromatic N) is 5. The Balaban J connectivity index is 1.40. The quantitative estimate of drug-likeness (QED) is 0.250. The topological polar surface area (TPSA) is 99.2 Å². The fourth-order valence-corrected chi connectivity index (χ4v) is 4.64. The summed E-state index contributed by atoms with van der Waals surface area (Å²) < 4.78 is 14.9. The fourth-order valence-electron chi connectivity index (χ4n) is 4.64. The monoisotopic (exact) mass is 526 g/mol. The first-order valence-corrected chi connectivity index (χ1v) is 12.9. The summed E-state index contributed by atoms with van der Waals surface area (Å²) in [6, 6.07) is 14.3. The number of aliphatic hydroxyl groups is 1. The van der Waals surface area contributed by atoms with Gasteiger partial charge in [-0.05, 0) is 56.0 Å². The van der Waals surface area contributed by atoms with Gasteiger partial charge in [-0.25, -0.2) is 9.97 Å². The molecule has 5 aromatic rings. The van der Waals surface area contributed by atoms with Gasteiger partial charge in [-0.1, -0.05) is 18.2 Å². The van der Waals surface area contributed by atoms with Crippen molar-refractivity contribution in [2.45, 2.75) is 39.5 Å². The summed E-state index contributed by atoms with van der Waals surface area (Å²) in [5, 5.41) is 20.0. The second-order valence-corrected chi connectivity index (χ2v) is 10.2. The van der Waals surface area contributed by atoms with Crippen LogP contribution in [0.2, 0.25) is 0 Å². The number of methoxy groups -OCH3 is 2. The Morgan fingerprint density at radius 3 is 2.51 bits per heavy atom. The first-order chi connectivity index (χ1) is 18.7. The predicted octanol–water partition coefficient (Wildman–Crippen LogP) is 5.44. The smallest absolute Gasteiger partial charge is 0.143 e. The van der Waals surface area contributed by atoms with Crippen LogP contribution in [0.25, 0.3) is 33.2 Å². The van der Waals surface area contributed by atoms with Crippen molar-refractivity contribution in [3.63, 3.8) is 0 Å². The molecule has 0 aliphatic carbocycles. The van der Waals surface area contributed by atoms with E-state index in [-0.39, 0.29) is 0 Å². The lowest BCUT2D eigenvalue weighted by atomic mass is 10.0. The van der Waals surface area contributed by atoms with E-state index in [4.69, 9.17) is 9.47 Å². The molecule has 9 nitrogen and oxygen atoms in total. The van der Waals surface area contributed by atoms with E-state index in [1.807, 2.05) is 49.9 Å². The molecule has 0 saturated carbocycles. The molecule has 0 aliphatic rings. The van der Waals surface area contributed by atoms with Crippen LogP contribution >= 0.6 is 0 Å². The van der Waals surface area contributed by atoms with E-state index in [1.165, 1.54) is 0 Å². The third-order valence-corrected chi connectivity index (χ3v) is 6.57. The first-order valence-electron chi connectivity index (χ1n) is 12.9. The lowest BCUT2D eigenvalue weighted by Gasteiger charge is -2.16. The van der Waals surface area contributed by atoms with Crippen molar-refractivity contribution in [1.82, 2.24) is 24.3 Å². The number of hydrogen-bond donors (Lipinski definition) is 2. The maximum atomic E-state index is 10.1. The summed E-state index contributed by atoms with van der Waals surface area (Å²) in [5.74, 6) is 2.36. The second-order valence-electron chi connectivity index (χ2n) is 10.2. The molecule has 3 aromatic heterocycles. The SMILES string of the molecule is COCCn1c(-c2ccc(Nc3cc4cc(-c5cnn(CC(C)(C)O)c5)ccc4cn3)c(OC)c2)cnc1C. The number of anilines is 2. The molecular formula is C30H34N6O3. The van der Waals surface area contributed by atoms with Gasteiger partial charge in [0.2, 0.25) is 0 Å². The van der Waals surface area contributed by atoms with Gasteiger partial charge in [-0.2, -0.15) is 5.10 Å². The standard InChI is InChI=1S/C30H34N6O3/c1-20-31-17-27(36(20)10-11-38-4)22-8-9-26(28(13-22)39-5)34-29-14-24-12-21(6-7-23(24)15-32-29)25-16-33-35(18-25)19-30(2,3)37/h6-9,12-18,37H,10-11,19H2,1-5H3,(H,32,34). The van der Waals surface area contributed by atoms with Crippen LogP contribution in [-0.2, 0) is 17.8 Å². The fraction of sp³-hybridized carbons (Fsp3) is 0.300. The van der Waals surface area contributed by atoms with E-state index >= 15 is 0 Å². The minimum absolute atomic E-state index is 0.425. The molecule has 0 unspecified atom stereocenters. The molecule has 0 bridgehead atoms. The summed E-state index contributed by atoms with van der Waals surface area (Å²) >= 11 is 0. The van der Waals surface area contributed by atoms with Crippen molar-refractivity contribution in [2.75, 3.05) is 26.1 Å². The molecule has 0 aliphatic heterocycles. The maximum absolute atomic E-state index is 10.1. The lowest BCUT2D eigenvalue weighted by molar-refractivity contribution is 0.0577. The van der Waals surface area contributed by atoms with Gasteiger partial charge in [0, 0.05) is 42.6 Å². The summed E-state index contributed by atoms with van der Waals surface area (Å²) in [5.41, 5.74) is 4.04. The molecule has 5 rings (SSSR count). The summed E-state index contributed by atoms with van der Waals surface area (Å²) in [4.78, 5) is 9.11. The largest absolute Gasteiger partial charge is 0.495 e. The second kappa shape index (κ2) is 10.9. The zero-order valence-electron chi connectivity index (χ0n) is 23.0. The van der Waals surface area contributed by atoms with Crippen LogP contribution in [0.1, 0.15) is 19.7 Å². The average molecular weight is 527 g/mol. The molecule has 0 spiro atoms. The number of pyridine rings is 1. The molecule has 2 N–H and O–H groups in total. The van der Waals surface area contributed by atoms with Gasteiger partial charge in [0.15, 0.2) is 0 Å². The van der Waals surface area contributed by atoms with Crippen LogP contribution in [0.4, 0.5) is 11.5 Å². The summed E-state index contributed by atoms with van der Waals surface area (Å²) in [6.45, 7) is 7.29. The minimum atomic E-state index is -0.831.